The van der Waals surface area contributed by atoms with Gasteiger partial charge >= 0.3 is 5.97 Å². The number of nitrogens with zero attached hydrogens (tertiary/aromatic N) is 2. The second-order valence-corrected chi connectivity index (χ2v) is 7.24. The summed E-state index contributed by atoms with van der Waals surface area (Å²) in [5.41, 5.74) is 3.00. The molecule has 0 radical (unpaired) electrons. The Morgan fingerprint density at radius 1 is 0.969 bits per heavy atom. The van der Waals surface area contributed by atoms with Crippen molar-refractivity contribution in [1.82, 2.24) is 4.98 Å². The van der Waals surface area contributed by atoms with Gasteiger partial charge in [-0.2, -0.15) is 0 Å². The molecule has 0 saturated carbocycles. The molecule has 2 aromatic rings. The van der Waals surface area contributed by atoms with Crippen LogP contribution in [0.15, 0.2) is 24.3 Å². The van der Waals surface area contributed by atoms with Crippen LogP contribution in [0.25, 0.3) is 0 Å². The fourth-order valence-corrected chi connectivity index (χ4v) is 3.46. The van der Waals surface area contributed by atoms with Crippen molar-refractivity contribution in [3.05, 3.63) is 52.2 Å². The lowest BCUT2D eigenvalue weighted by Gasteiger charge is -2.30. The smallest absolute Gasteiger partial charge is 0.336 e. The number of rotatable bonds is 4. The van der Waals surface area contributed by atoms with Gasteiger partial charge in [0.15, 0.2) is 0 Å². The molecule has 3 rings (SSSR count). The number of nitrogens with one attached hydrogen (secondary N) is 1. The molecule has 3 N–H and O–H groups in total. The van der Waals surface area contributed by atoms with Crippen LogP contribution in [0, 0.1) is 20.8 Å². The minimum absolute atomic E-state index is 0.159. The Bertz CT molecular complexity index is 920. The van der Waals surface area contributed by atoms with Gasteiger partial charge in [0.2, 0.25) is 0 Å². The summed E-state index contributed by atoms with van der Waals surface area (Å²) in [5, 5.41) is 21.9. The van der Waals surface area contributed by atoms with E-state index in [0.29, 0.717) is 48.7 Å². The van der Waals surface area contributed by atoms with Gasteiger partial charge in [0.1, 0.15) is 11.5 Å². The first-order chi connectivity index (χ1) is 15.3. The summed E-state index contributed by atoms with van der Waals surface area (Å²) in [5.74, 6) is -0.697. The molecule has 1 saturated heterocycles. The van der Waals surface area contributed by atoms with Crippen LogP contribution in [0.4, 0.5) is 11.5 Å². The molecule has 0 atom stereocenters. The molecule has 7 heteroatoms. The standard InChI is InChI=1S/C21H25N3O4.2C2H6/c1-12-4-6-16(21(27)28)14(3)18(12)23-20(26)19-13(2)5-7-17(22-19)24-10-8-15(25)9-11-24;2*1-2/h4-7,15,25H,8-11H2,1-3H3,(H,23,26)(H,27,28);2*1-2H3. The molecule has 0 spiro atoms. The predicted molar refractivity (Wildman–Crippen MR) is 130 cm³/mol. The second kappa shape index (κ2) is 12.8. The van der Waals surface area contributed by atoms with Crippen molar-refractivity contribution in [3.8, 4) is 0 Å². The van der Waals surface area contributed by atoms with Crippen LogP contribution < -0.4 is 10.2 Å². The molecule has 1 amide bonds. The number of carboxylic acid groups (broad SMARTS) is 1. The number of pyridine rings is 1. The molecule has 2 heterocycles. The van der Waals surface area contributed by atoms with Crippen LogP contribution in [-0.4, -0.2) is 46.3 Å². The number of carbonyl (C=O) groups is 2. The monoisotopic (exact) mass is 443 g/mol. The molecule has 1 aliphatic rings. The third kappa shape index (κ3) is 6.53. The van der Waals surface area contributed by atoms with Gasteiger partial charge in [0.05, 0.1) is 11.7 Å². The fraction of sp³-hybridized carbons (Fsp3) is 0.480. The van der Waals surface area contributed by atoms with E-state index < -0.39 is 5.97 Å². The number of aromatic nitrogens is 1. The molecular formula is C25H37N3O4. The summed E-state index contributed by atoms with van der Waals surface area (Å²) >= 11 is 0. The maximum absolute atomic E-state index is 12.9. The quantitative estimate of drug-likeness (QED) is 0.616. The van der Waals surface area contributed by atoms with E-state index >= 15 is 0 Å². The molecule has 1 aromatic carbocycles. The first-order valence-corrected chi connectivity index (χ1v) is 11.3. The zero-order chi connectivity index (χ0) is 24.4. The number of carboxylic acids is 1. The first-order valence-electron chi connectivity index (χ1n) is 11.3. The highest BCUT2D eigenvalue weighted by atomic mass is 16.4. The average Bonchev–Trinajstić information content (AvgIpc) is 2.80. The van der Waals surface area contributed by atoms with Crippen LogP contribution in [-0.2, 0) is 0 Å². The van der Waals surface area contributed by atoms with E-state index in [2.05, 4.69) is 15.2 Å². The van der Waals surface area contributed by atoms with Gasteiger partial charge in [-0.15, -0.1) is 0 Å². The Morgan fingerprint density at radius 2 is 1.53 bits per heavy atom. The molecule has 0 unspecified atom stereocenters. The van der Waals surface area contributed by atoms with Crippen molar-refractivity contribution in [1.29, 1.82) is 0 Å². The third-order valence-corrected chi connectivity index (χ3v) is 5.23. The molecule has 1 fully saturated rings. The number of hydrogen-bond acceptors (Lipinski definition) is 5. The minimum Gasteiger partial charge on any atom is -0.478 e. The van der Waals surface area contributed by atoms with E-state index in [1.807, 2.05) is 53.7 Å². The molecule has 0 bridgehead atoms. The third-order valence-electron chi connectivity index (χ3n) is 5.23. The first kappa shape index (κ1) is 27.1. The Kier molecular flexibility index (Phi) is 10.9. The predicted octanol–water partition coefficient (Wildman–Crippen LogP) is 4.97. The van der Waals surface area contributed by atoms with Gasteiger partial charge in [-0.05, 0) is 62.4 Å². The van der Waals surface area contributed by atoms with Gasteiger partial charge < -0.3 is 20.4 Å². The van der Waals surface area contributed by atoms with E-state index in [1.165, 1.54) is 6.07 Å². The van der Waals surface area contributed by atoms with Crippen LogP contribution >= 0.6 is 0 Å². The van der Waals surface area contributed by atoms with E-state index in [1.54, 1.807) is 13.0 Å². The molecule has 0 aliphatic carbocycles. The number of anilines is 2. The Balaban J connectivity index is 0.00000121. The number of aliphatic hydroxyl groups excluding tert-OH is 1. The number of aryl methyl sites for hydroxylation is 2. The van der Waals surface area contributed by atoms with Crippen molar-refractivity contribution in [3.63, 3.8) is 0 Å². The van der Waals surface area contributed by atoms with Crippen molar-refractivity contribution < 1.29 is 19.8 Å². The minimum atomic E-state index is -1.03. The van der Waals surface area contributed by atoms with E-state index in [-0.39, 0.29) is 17.6 Å². The maximum atomic E-state index is 12.9. The van der Waals surface area contributed by atoms with Crippen molar-refractivity contribution >= 4 is 23.4 Å². The highest BCUT2D eigenvalue weighted by Crippen LogP contribution is 2.25. The normalized spacial score (nSPS) is 13.3. The van der Waals surface area contributed by atoms with Crippen molar-refractivity contribution in [2.75, 3.05) is 23.3 Å². The number of aliphatic hydroxyl groups is 1. The average molecular weight is 444 g/mol. The summed E-state index contributed by atoms with van der Waals surface area (Å²) < 4.78 is 0. The van der Waals surface area contributed by atoms with Gasteiger partial charge in [-0.1, -0.05) is 39.8 Å². The molecular weight excluding hydrogens is 406 g/mol. The fourth-order valence-electron chi connectivity index (χ4n) is 3.46. The summed E-state index contributed by atoms with van der Waals surface area (Å²) in [6.45, 7) is 14.7. The summed E-state index contributed by atoms with van der Waals surface area (Å²) in [4.78, 5) is 30.9. The van der Waals surface area contributed by atoms with E-state index in [4.69, 9.17) is 0 Å². The zero-order valence-corrected chi connectivity index (χ0v) is 20.3. The maximum Gasteiger partial charge on any atom is 0.336 e. The van der Waals surface area contributed by atoms with Gasteiger partial charge in [0, 0.05) is 18.8 Å². The van der Waals surface area contributed by atoms with Gasteiger partial charge in [-0.25, -0.2) is 9.78 Å². The number of aromatic carboxylic acids is 1. The number of carbonyl (C=O) groups excluding carboxylic acids is 1. The van der Waals surface area contributed by atoms with Crippen molar-refractivity contribution in [2.45, 2.75) is 67.4 Å². The second-order valence-electron chi connectivity index (χ2n) is 7.24. The lowest BCUT2D eigenvalue weighted by Crippen LogP contribution is -2.36. The van der Waals surface area contributed by atoms with Gasteiger partial charge in [-0.3, -0.25) is 4.79 Å². The Morgan fingerprint density at radius 3 is 2.09 bits per heavy atom. The largest absolute Gasteiger partial charge is 0.478 e. The van der Waals surface area contributed by atoms with Crippen LogP contribution in [0.3, 0.4) is 0 Å². The molecule has 32 heavy (non-hydrogen) atoms. The van der Waals surface area contributed by atoms with Gasteiger partial charge in [0.25, 0.3) is 5.91 Å². The number of hydrogen-bond donors (Lipinski definition) is 3. The van der Waals surface area contributed by atoms with Crippen LogP contribution in [0.5, 0.6) is 0 Å². The van der Waals surface area contributed by atoms with Crippen molar-refractivity contribution in [2.24, 2.45) is 0 Å². The Hall–Kier alpha value is -2.93. The zero-order valence-electron chi connectivity index (χ0n) is 20.3. The molecule has 1 aliphatic heterocycles. The summed E-state index contributed by atoms with van der Waals surface area (Å²) in [6.07, 6.45) is 1.08. The SMILES string of the molecule is CC.CC.Cc1ccc(N2CCC(O)CC2)nc1C(=O)Nc1c(C)ccc(C(=O)O)c1C. The lowest BCUT2D eigenvalue weighted by atomic mass is 10.0. The number of amides is 1. The Labute approximate surface area is 191 Å². The van der Waals surface area contributed by atoms with E-state index in [0.717, 1.165) is 11.1 Å². The molecule has 176 valence electrons. The van der Waals surface area contributed by atoms with E-state index in [9.17, 15) is 19.8 Å². The highest BCUT2D eigenvalue weighted by Gasteiger charge is 2.21. The molecule has 7 nitrogen and oxygen atoms in total. The highest BCUT2D eigenvalue weighted by molar-refractivity contribution is 6.06. The topological polar surface area (TPSA) is 103 Å². The number of benzene rings is 1. The summed E-state index contributed by atoms with van der Waals surface area (Å²) in [6, 6.07) is 6.96. The van der Waals surface area contributed by atoms with Crippen LogP contribution in [0.2, 0.25) is 0 Å². The lowest BCUT2D eigenvalue weighted by molar-refractivity contribution is 0.0695. The molecule has 1 aromatic heterocycles. The summed E-state index contributed by atoms with van der Waals surface area (Å²) in [7, 11) is 0. The number of piperidine rings is 1. The van der Waals surface area contributed by atoms with Crippen LogP contribution in [0.1, 0.15) is 78.1 Å².